The molecule has 1 unspecified atom stereocenters. The maximum absolute atomic E-state index is 11.7. The number of rotatable bonds is 5. The first-order valence-electron chi connectivity index (χ1n) is 6.28. The molecule has 0 heterocycles. The molecule has 0 bridgehead atoms. The molecule has 18 heavy (non-hydrogen) atoms. The second-order valence-electron chi connectivity index (χ2n) is 4.94. The van der Waals surface area contributed by atoms with E-state index in [0.717, 1.165) is 22.4 Å². The average molecular weight is 249 g/mol. The van der Waals surface area contributed by atoms with Gasteiger partial charge in [0.2, 0.25) is 0 Å². The van der Waals surface area contributed by atoms with Crippen LogP contribution in [0.2, 0.25) is 0 Å². The largest absolute Gasteiger partial charge is 0.496 e. The van der Waals surface area contributed by atoms with Crippen LogP contribution < -0.4 is 10.1 Å². The minimum absolute atomic E-state index is 0.125. The van der Waals surface area contributed by atoms with Crippen molar-refractivity contribution < 1.29 is 9.53 Å². The first kappa shape index (κ1) is 14.7. The molecule has 3 heteroatoms. The highest BCUT2D eigenvalue weighted by atomic mass is 16.5. The summed E-state index contributed by atoms with van der Waals surface area (Å²) in [6.07, 6.45) is 0. The van der Waals surface area contributed by atoms with Gasteiger partial charge in [0.1, 0.15) is 5.75 Å². The van der Waals surface area contributed by atoms with Crippen LogP contribution in [0.5, 0.6) is 5.75 Å². The molecule has 1 N–H and O–H groups in total. The molecule has 0 saturated carbocycles. The molecule has 0 aliphatic rings. The minimum atomic E-state index is -0.242. The molecular weight excluding hydrogens is 226 g/mol. The van der Waals surface area contributed by atoms with Gasteiger partial charge in [0.25, 0.3) is 0 Å². The Labute approximate surface area is 110 Å². The molecule has 1 rings (SSSR count). The Bertz CT molecular complexity index is 438. The summed E-state index contributed by atoms with van der Waals surface area (Å²) in [5.74, 6) is 1.38. The summed E-state index contributed by atoms with van der Waals surface area (Å²) in [6, 6.07) is 3.85. The molecule has 3 nitrogen and oxygen atoms in total. The monoisotopic (exact) mass is 249 g/mol. The van der Waals surface area contributed by atoms with Crippen molar-refractivity contribution in [3.05, 3.63) is 28.8 Å². The number of ketones is 1. The molecule has 1 aromatic carbocycles. The number of benzene rings is 1. The number of methoxy groups -OCH3 is 1. The topological polar surface area (TPSA) is 38.3 Å². The zero-order valence-electron chi connectivity index (χ0n) is 12.1. The molecular formula is C15H23NO2. The summed E-state index contributed by atoms with van der Waals surface area (Å²) in [5.41, 5.74) is 3.25. The number of hydrogen-bond acceptors (Lipinski definition) is 3. The first-order valence-corrected chi connectivity index (χ1v) is 6.28. The van der Waals surface area contributed by atoms with E-state index in [0.29, 0.717) is 5.92 Å². The quantitative estimate of drug-likeness (QED) is 0.872. The fourth-order valence-electron chi connectivity index (χ4n) is 2.23. The molecule has 0 saturated heterocycles. The number of nitrogens with one attached hydrogen (secondary N) is 1. The molecule has 0 fully saturated rings. The zero-order valence-corrected chi connectivity index (χ0v) is 12.1. The standard InChI is InChI=1S/C15H23NO2/c1-9(2)12-8-13(15(16-5)11(4)17)10(3)7-14(12)18-6/h7-9,15-16H,1-6H3. The molecule has 0 spiro atoms. The van der Waals surface area contributed by atoms with Crippen LogP contribution in [0.1, 0.15) is 49.4 Å². The molecule has 1 atom stereocenters. The highest BCUT2D eigenvalue weighted by molar-refractivity contribution is 5.83. The predicted octanol–water partition coefficient (Wildman–Crippen LogP) is 2.98. The zero-order chi connectivity index (χ0) is 13.9. The van der Waals surface area contributed by atoms with E-state index < -0.39 is 0 Å². The van der Waals surface area contributed by atoms with Gasteiger partial charge in [0.15, 0.2) is 5.78 Å². The normalized spacial score (nSPS) is 12.6. The van der Waals surface area contributed by atoms with Gasteiger partial charge >= 0.3 is 0 Å². The van der Waals surface area contributed by atoms with Gasteiger partial charge in [-0.3, -0.25) is 4.79 Å². The second kappa shape index (κ2) is 6.01. The average Bonchev–Trinajstić information content (AvgIpc) is 2.30. The summed E-state index contributed by atoms with van der Waals surface area (Å²) < 4.78 is 5.41. The van der Waals surface area contributed by atoms with E-state index in [1.807, 2.05) is 20.0 Å². The van der Waals surface area contributed by atoms with Crippen molar-refractivity contribution in [3.63, 3.8) is 0 Å². The van der Waals surface area contributed by atoms with Crippen molar-refractivity contribution in [3.8, 4) is 5.75 Å². The Kier molecular flexibility index (Phi) is 4.91. The number of carbonyl (C=O) groups is 1. The Balaban J connectivity index is 3.37. The molecule has 1 aromatic rings. The maximum Gasteiger partial charge on any atom is 0.151 e. The van der Waals surface area contributed by atoms with Crippen LogP contribution in [0.4, 0.5) is 0 Å². The van der Waals surface area contributed by atoms with E-state index in [1.54, 1.807) is 14.0 Å². The van der Waals surface area contributed by atoms with Gasteiger partial charge in [-0.1, -0.05) is 13.8 Å². The predicted molar refractivity (Wildman–Crippen MR) is 74.3 cm³/mol. The lowest BCUT2D eigenvalue weighted by Gasteiger charge is -2.20. The number of hydrogen-bond donors (Lipinski definition) is 1. The summed E-state index contributed by atoms with van der Waals surface area (Å²) >= 11 is 0. The molecule has 0 amide bonds. The van der Waals surface area contributed by atoms with Crippen LogP contribution in [0.15, 0.2) is 12.1 Å². The van der Waals surface area contributed by atoms with E-state index >= 15 is 0 Å². The van der Waals surface area contributed by atoms with Gasteiger partial charge in [-0.05, 0) is 55.6 Å². The first-order chi connectivity index (χ1) is 8.42. The number of likely N-dealkylation sites (N-methyl/N-ethyl adjacent to an activating group) is 1. The molecule has 100 valence electrons. The van der Waals surface area contributed by atoms with Crippen molar-refractivity contribution in [2.75, 3.05) is 14.2 Å². The second-order valence-corrected chi connectivity index (χ2v) is 4.94. The van der Waals surface area contributed by atoms with Crippen LogP contribution in [0, 0.1) is 6.92 Å². The van der Waals surface area contributed by atoms with Gasteiger partial charge in [-0.15, -0.1) is 0 Å². The smallest absolute Gasteiger partial charge is 0.151 e. The van der Waals surface area contributed by atoms with E-state index in [1.165, 1.54) is 0 Å². The lowest BCUT2D eigenvalue weighted by Crippen LogP contribution is -2.24. The Hall–Kier alpha value is -1.35. The molecule has 0 aromatic heterocycles. The van der Waals surface area contributed by atoms with Gasteiger partial charge in [-0.25, -0.2) is 0 Å². The Morgan fingerprint density at radius 1 is 1.28 bits per heavy atom. The molecule has 0 radical (unpaired) electrons. The lowest BCUT2D eigenvalue weighted by atomic mass is 9.92. The Morgan fingerprint density at radius 2 is 1.89 bits per heavy atom. The van der Waals surface area contributed by atoms with Crippen molar-refractivity contribution in [1.29, 1.82) is 0 Å². The van der Waals surface area contributed by atoms with Crippen LogP contribution >= 0.6 is 0 Å². The van der Waals surface area contributed by atoms with Gasteiger partial charge in [0, 0.05) is 0 Å². The van der Waals surface area contributed by atoms with Crippen molar-refractivity contribution in [1.82, 2.24) is 5.32 Å². The highest BCUT2D eigenvalue weighted by Crippen LogP contribution is 2.32. The third-order valence-corrected chi connectivity index (χ3v) is 3.25. The third-order valence-electron chi connectivity index (χ3n) is 3.25. The van der Waals surface area contributed by atoms with Crippen LogP contribution in [-0.2, 0) is 4.79 Å². The lowest BCUT2D eigenvalue weighted by molar-refractivity contribution is -0.119. The van der Waals surface area contributed by atoms with Gasteiger partial charge in [-0.2, -0.15) is 0 Å². The third kappa shape index (κ3) is 2.91. The SMILES string of the molecule is CNC(C(C)=O)c1cc(C(C)C)c(OC)cc1C. The fraction of sp³-hybridized carbons (Fsp3) is 0.533. The number of Topliss-reactive ketones (excluding diaryl/α,β-unsaturated/α-hetero) is 1. The Morgan fingerprint density at radius 3 is 2.28 bits per heavy atom. The summed E-state index contributed by atoms with van der Waals surface area (Å²) in [5, 5.41) is 3.07. The van der Waals surface area contributed by atoms with Crippen LogP contribution in [0.3, 0.4) is 0 Å². The molecule has 0 aliphatic carbocycles. The van der Waals surface area contributed by atoms with Crippen LogP contribution in [-0.4, -0.2) is 19.9 Å². The summed E-state index contributed by atoms with van der Waals surface area (Å²) in [4.78, 5) is 11.7. The van der Waals surface area contributed by atoms with Gasteiger partial charge in [0.05, 0.1) is 13.2 Å². The number of carbonyl (C=O) groups excluding carboxylic acids is 1. The summed E-state index contributed by atoms with van der Waals surface area (Å²) in [6.45, 7) is 7.87. The number of aryl methyl sites for hydroxylation is 1. The van der Waals surface area contributed by atoms with Crippen LogP contribution in [0.25, 0.3) is 0 Å². The van der Waals surface area contributed by atoms with E-state index in [-0.39, 0.29) is 11.8 Å². The summed E-state index contributed by atoms with van der Waals surface area (Å²) in [7, 11) is 3.49. The van der Waals surface area contributed by atoms with E-state index in [2.05, 4.69) is 25.2 Å². The fourth-order valence-corrected chi connectivity index (χ4v) is 2.23. The molecule has 0 aliphatic heterocycles. The maximum atomic E-state index is 11.7. The highest BCUT2D eigenvalue weighted by Gasteiger charge is 2.19. The van der Waals surface area contributed by atoms with Crippen molar-refractivity contribution >= 4 is 5.78 Å². The van der Waals surface area contributed by atoms with Gasteiger partial charge < -0.3 is 10.1 Å². The number of ether oxygens (including phenoxy) is 1. The minimum Gasteiger partial charge on any atom is -0.496 e. The van der Waals surface area contributed by atoms with E-state index in [4.69, 9.17) is 4.74 Å². The van der Waals surface area contributed by atoms with E-state index in [9.17, 15) is 4.79 Å². The van der Waals surface area contributed by atoms with Crippen molar-refractivity contribution in [2.45, 2.75) is 39.7 Å². The van der Waals surface area contributed by atoms with Crippen molar-refractivity contribution in [2.24, 2.45) is 0 Å².